The first-order valence-electron chi connectivity index (χ1n) is 6.39. The SMILES string of the molecule is Cc1nn(C)c(C)c1C(=O)N(C)[C@@H]1CCC[C@H]1O. The zero-order chi connectivity index (χ0) is 13.4. The minimum atomic E-state index is -0.392. The lowest BCUT2D eigenvalue weighted by molar-refractivity contribution is 0.0537. The maximum atomic E-state index is 12.5. The predicted octanol–water partition coefficient (Wildman–Crippen LogP) is 1.02. The molecule has 5 nitrogen and oxygen atoms in total. The Balaban J connectivity index is 2.25. The summed E-state index contributed by atoms with van der Waals surface area (Å²) in [6.45, 7) is 3.74. The maximum absolute atomic E-state index is 12.5. The Bertz CT molecular complexity index is 467. The summed E-state index contributed by atoms with van der Waals surface area (Å²) >= 11 is 0. The summed E-state index contributed by atoms with van der Waals surface area (Å²) in [5.74, 6) is -0.0379. The van der Waals surface area contributed by atoms with Crippen LogP contribution in [-0.2, 0) is 7.05 Å². The summed E-state index contributed by atoms with van der Waals surface area (Å²) < 4.78 is 1.72. The minimum absolute atomic E-state index is 0.0379. The molecule has 2 atom stereocenters. The number of carbonyl (C=O) groups is 1. The van der Waals surface area contributed by atoms with E-state index in [-0.39, 0.29) is 11.9 Å². The van der Waals surface area contributed by atoms with E-state index in [0.717, 1.165) is 30.7 Å². The molecule has 1 saturated carbocycles. The molecule has 0 aromatic carbocycles. The lowest BCUT2D eigenvalue weighted by atomic mass is 10.1. The molecule has 1 aliphatic carbocycles. The smallest absolute Gasteiger partial charge is 0.257 e. The molecule has 0 radical (unpaired) electrons. The summed E-state index contributed by atoms with van der Waals surface area (Å²) in [4.78, 5) is 14.2. The van der Waals surface area contributed by atoms with Gasteiger partial charge in [-0.3, -0.25) is 9.48 Å². The summed E-state index contributed by atoms with van der Waals surface area (Å²) in [5.41, 5.74) is 2.29. The maximum Gasteiger partial charge on any atom is 0.257 e. The van der Waals surface area contributed by atoms with Crippen LogP contribution in [0.25, 0.3) is 0 Å². The van der Waals surface area contributed by atoms with E-state index in [2.05, 4.69) is 5.10 Å². The van der Waals surface area contributed by atoms with Crippen molar-refractivity contribution in [1.29, 1.82) is 0 Å². The summed E-state index contributed by atoms with van der Waals surface area (Å²) in [5, 5.41) is 14.2. The molecule has 2 rings (SSSR count). The Labute approximate surface area is 107 Å². The Kier molecular flexibility index (Phi) is 3.43. The fraction of sp³-hybridized carbons (Fsp3) is 0.692. The third kappa shape index (κ3) is 2.03. The zero-order valence-corrected chi connectivity index (χ0v) is 11.5. The molecule has 18 heavy (non-hydrogen) atoms. The second-order valence-electron chi connectivity index (χ2n) is 5.15. The van der Waals surface area contributed by atoms with Crippen LogP contribution in [0.2, 0.25) is 0 Å². The van der Waals surface area contributed by atoms with Gasteiger partial charge in [-0.1, -0.05) is 0 Å². The van der Waals surface area contributed by atoms with Gasteiger partial charge in [0.2, 0.25) is 0 Å². The van der Waals surface area contributed by atoms with Crippen LogP contribution < -0.4 is 0 Å². The van der Waals surface area contributed by atoms with Crippen LogP contribution in [0.3, 0.4) is 0 Å². The molecule has 1 aromatic rings. The number of hydrogen-bond acceptors (Lipinski definition) is 3. The summed E-state index contributed by atoms with van der Waals surface area (Å²) in [6, 6.07) is -0.0588. The number of aliphatic hydroxyl groups is 1. The third-order valence-corrected chi connectivity index (χ3v) is 3.98. The van der Waals surface area contributed by atoms with Crippen molar-refractivity contribution in [3.05, 3.63) is 17.0 Å². The second kappa shape index (κ2) is 4.72. The molecule has 100 valence electrons. The van der Waals surface area contributed by atoms with E-state index in [1.807, 2.05) is 20.9 Å². The van der Waals surface area contributed by atoms with Gasteiger partial charge in [0, 0.05) is 19.8 Å². The Hall–Kier alpha value is -1.36. The fourth-order valence-electron chi connectivity index (χ4n) is 2.78. The van der Waals surface area contributed by atoms with Gasteiger partial charge in [-0.05, 0) is 33.1 Å². The number of aromatic nitrogens is 2. The molecule has 0 unspecified atom stereocenters. The molecule has 1 fully saturated rings. The molecule has 1 aromatic heterocycles. The average Bonchev–Trinajstić information content (AvgIpc) is 2.83. The lowest BCUT2D eigenvalue weighted by Gasteiger charge is -2.27. The van der Waals surface area contributed by atoms with Gasteiger partial charge >= 0.3 is 0 Å². The van der Waals surface area contributed by atoms with Crippen LogP contribution in [0.1, 0.15) is 41.0 Å². The molecule has 0 saturated heterocycles. The van der Waals surface area contributed by atoms with Gasteiger partial charge in [0.05, 0.1) is 23.4 Å². The van der Waals surface area contributed by atoms with Crippen LogP contribution in [0, 0.1) is 13.8 Å². The van der Waals surface area contributed by atoms with Crippen molar-refractivity contribution in [3.63, 3.8) is 0 Å². The Morgan fingerprint density at radius 3 is 2.56 bits per heavy atom. The highest BCUT2D eigenvalue weighted by Crippen LogP contribution is 2.25. The Morgan fingerprint density at radius 2 is 2.11 bits per heavy atom. The normalized spacial score (nSPS) is 23.4. The first-order chi connectivity index (χ1) is 8.43. The van der Waals surface area contributed by atoms with Crippen LogP contribution in [-0.4, -0.2) is 44.9 Å². The molecule has 0 spiro atoms. The van der Waals surface area contributed by atoms with Crippen LogP contribution in [0.15, 0.2) is 0 Å². The molecule has 0 bridgehead atoms. The second-order valence-corrected chi connectivity index (χ2v) is 5.15. The fourth-order valence-corrected chi connectivity index (χ4v) is 2.78. The number of carbonyl (C=O) groups excluding carboxylic acids is 1. The number of likely N-dealkylation sites (N-methyl/N-ethyl adjacent to an activating group) is 1. The van der Waals surface area contributed by atoms with Crippen molar-refractivity contribution in [1.82, 2.24) is 14.7 Å². The van der Waals surface area contributed by atoms with Gasteiger partial charge in [0.15, 0.2) is 0 Å². The van der Waals surface area contributed by atoms with Crippen molar-refractivity contribution < 1.29 is 9.90 Å². The third-order valence-electron chi connectivity index (χ3n) is 3.98. The van der Waals surface area contributed by atoms with Crippen molar-refractivity contribution >= 4 is 5.91 Å². The van der Waals surface area contributed by atoms with E-state index >= 15 is 0 Å². The van der Waals surface area contributed by atoms with Gasteiger partial charge in [-0.25, -0.2) is 0 Å². The van der Waals surface area contributed by atoms with E-state index in [1.165, 1.54) is 0 Å². The van der Waals surface area contributed by atoms with E-state index < -0.39 is 6.10 Å². The number of amides is 1. The molecule has 1 aliphatic rings. The number of aliphatic hydroxyl groups excluding tert-OH is 1. The van der Waals surface area contributed by atoms with Gasteiger partial charge < -0.3 is 10.0 Å². The molecule has 1 heterocycles. The highest BCUT2D eigenvalue weighted by Gasteiger charge is 2.33. The highest BCUT2D eigenvalue weighted by atomic mass is 16.3. The van der Waals surface area contributed by atoms with Gasteiger partial charge in [0.25, 0.3) is 5.91 Å². The molecular weight excluding hydrogens is 230 g/mol. The predicted molar refractivity (Wildman–Crippen MR) is 68.4 cm³/mol. The molecule has 1 amide bonds. The zero-order valence-electron chi connectivity index (χ0n) is 11.5. The van der Waals surface area contributed by atoms with Crippen molar-refractivity contribution in [2.45, 2.75) is 45.3 Å². The van der Waals surface area contributed by atoms with Crippen molar-refractivity contribution in [3.8, 4) is 0 Å². The summed E-state index contributed by atoms with van der Waals surface area (Å²) in [6.07, 6.45) is 2.25. The van der Waals surface area contributed by atoms with Gasteiger partial charge in [-0.15, -0.1) is 0 Å². The van der Waals surface area contributed by atoms with Crippen LogP contribution >= 0.6 is 0 Å². The minimum Gasteiger partial charge on any atom is -0.391 e. The quantitative estimate of drug-likeness (QED) is 0.854. The van der Waals surface area contributed by atoms with E-state index in [9.17, 15) is 9.90 Å². The van der Waals surface area contributed by atoms with E-state index in [1.54, 1.807) is 16.6 Å². The topological polar surface area (TPSA) is 58.4 Å². The van der Waals surface area contributed by atoms with Gasteiger partial charge in [-0.2, -0.15) is 5.10 Å². The number of hydrogen-bond donors (Lipinski definition) is 1. The first kappa shape index (κ1) is 13.1. The van der Waals surface area contributed by atoms with Gasteiger partial charge in [0.1, 0.15) is 0 Å². The average molecular weight is 251 g/mol. The highest BCUT2D eigenvalue weighted by molar-refractivity contribution is 5.96. The molecule has 0 aliphatic heterocycles. The van der Waals surface area contributed by atoms with Crippen LogP contribution in [0.4, 0.5) is 0 Å². The van der Waals surface area contributed by atoms with E-state index in [4.69, 9.17) is 0 Å². The molecule has 1 N–H and O–H groups in total. The van der Waals surface area contributed by atoms with Crippen molar-refractivity contribution in [2.24, 2.45) is 7.05 Å². The monoisotopic (exact) mass is 251 g/mol. The Morgan fingerprint density at radius 1 is 1.44 bits per heavy atom. The largest absolute Gasteiger partial charge is 0.391 e. The number of nitrogens with zero attached hydrogens (tertiary/aromatic N) is 3. The van der Waals surface area contributed by atoms with Crippen LogP contribution in [0.5, 0.6) is 0 Å². The molecule has 5 heteroatoms. The standard InChI is InChI=1S/C13H21N3O2/c1-8-12(9(2)16(4)14-8)13(18)15(3)10-6-5-7-11(10)17/h10-11,17H,5-7H2,1-4H3/t10-,11-/m1/s1. The lowest BCUT2D eigenvalue weighted by Crippen LogP contribution is -2.41. The molecular formula is C13H21N3O2. The first-order valence-corrected chi connectivity index (χ1v) is 6.39. The van der Waals surface area contributed by atoms with E-state index in [0.29, 0.717) is 5.56 Å². The summed E-state index contributed by atoms with van der Waals surface area (Å²) in [7, 11) is 3.61. The van der Waals surface area contributed by atoms with Crippen molar-refractivity contribution in [2.75, 3.05) is 7.05 Å². The number of rotatable bonds is 2. The number of aryl methyl sites for hydroxylation is 2.